The minimum Gasteiger partial charge on any atom is -0.409 e. The Morgan fingerprint density at radius 3 is 2.79 bits per heavy atom. The van der Waals surface area contributed by atoms with Gasteiger partial charge in [0.05, 0.1) is 5.56 Å². The van der Waals surface area contributed by atoms with Crippen molar-refractivity contribution in [3.63, 3.8) is 0 Å². The Morgan fingerprint density at radius 1 is 1.42 bits per heavy atom. The lowest BCUT2D eigenvalue weighted by atomic mass is 10.1. The van der Waals surface area contributed by atoms with Gasteiger partial charge in [-0.25, -0.2) is 4.39 Å². The first-order valence-electron chi connectivity index (χ1n) is 6.54. The van der Waals surface area contributed by atoms with Crippen LogP contribution in [0.4, 0.5) is 4.39 Å². The van der Waals surface area contributed by atoms with E-state index in [-0.39, 0.29) is 11.4 Å². The van der Waals surface area contributed by atoms with Gasteiger partial charge in [0.25, 0.3) is 0 Å². The molecule has 5 heteroatoms. The number of hydrogen-bond acceptors (Lipinski definition) is 3. The second-order valence-electron chi connectivity index (χ2n) is 4.71. The molecule has 0 aliphatic carbocycles. The van der Waals surface area contributed by atoms with E-state index in [1.54, 1.807) is 12.1 Å². The first-order chi connectivity index (χ1) is 9.10. The maximum Gasteiger partial charge on any atom is 0.173 e. The van der Waals surface area contributed by atoms with Crippen molar-refractivity contribution in [3.05, 3.63) is 35.1 Å². The predicted molar refractivity (Wildman–Crippen MR) is 74.8 cm³/mol. The van der Waals surface area contributed by atoms with Gasteiger partial charge in [-0.05, 0) is 26.1 Å². The molecule has 1 rings (SSSR count). The van der Waals surface area contributed by atoms with Crippen LogP contribution in [0.5, 0.6) is 0 Å². The lowest BCUT2D eigenvalue weighted by Gasteiger charge is -2.17. The largest absolute Gasteiger partial charge is 0.409 e. The normalized spacial score (nSPS) is 12.1. The number of nitrogens with two attached hydrogens (primary N) is 1. The van der Waals surface area contributed by atoms with Crippen LogP contribution < -0.4 is 5.73 Å². The smallest absolute Gasteiger partial charge is 0.173 e. The molecule has 0 unspecified atom stereocenters. The Balaban J connectivity index is 2.73. The van der Waals surface area contributed by atoms with Crippen molar-refractivity contribution >= 4 is 5.84 Å². The van der Waals surface area contributed by atoms with Crippen molar-refractivity contribution in [1.82, 2.24) is 4.90 Å². The van der Waals surface area contributed by atoms with Gasteiger partial charge in [-0.3, -0.25) is 0 Å². The SMILES string of the molecule is CCCCCN(C)Cc1cccc(/C(N)=N/O)c1F. The molecular formula is C14H22FN3O. The molecule has 3 N–H and O–H groups in total. The van der Waals surface area contributed by atoms with Gasteiger partial charge in [-0.1, -0.05) is 37.1 Å². The topological polar surface area (TPSA) is 61.8 Å². The zero-order chi connectivity index (χ0) is 14.3. The van der Waals surface area contributed by atoms with E-state index in [0.717, 1.165) is 13.0 Å². The quantitative estimate of drug-likeness (QED) is 0.262. The molecule has 0 spiro atoms. The van der Waals surface area contributed by atoms with Crippen molar-refractivity contribution in [2.24, 2.45) is 10.9 Å². The molecule has 4 nitrogen and oxygen atoms in total. The summed E-state index contributed by atoms with van der Waals surface area (Å²) >= 11 is 0. The summed E-state index contributed by atoms with van der Waals surface area (Å²) in [5.74, 6) is -0.617. The Morgan fingerprint density at radius 2 is 2.16 bits per heavy atom. The van der Waals surface area contributed by atoms with Gasteiger partial charge >= 0.3 is 0 Å². The number of benzene rings is 1. The summed E-state index contributed by atoms with van der Waals surface area (Å²) in [6.45, 7) is 3.60. The van der Waals surface area contributed by atoms with Crippen molar-refractivity contribution in [2.45, 2.75) is 32.7 Å². The van der Waals surface area contributed by atoms with E-state index < -0.39 is 5.82 Å². The highest BCUT2D eigenvalue weighted by atomic mass is 19.1. The number of hydrogen-bond donors (Lipinski definition) is 2. The molecule has 1 aromatic rings. The van der Waals surface area contributed by atoms with Gasteiger partial charge < -0.3 is 15.8 Å². The van der Waals surface area contributed by atoms with Gasteiger partial charge in [-0.15, -0.1) is 0 Å². The molecule has 106 valence electrons. The molecule has 0 heterocycles. The molecule has 0 saturated carbocycles. The van der Waals surface area contributed by atoms with Crippen LogP contribution in [0.2, 0.25) is 0 Å². The monoisotopic (exact) mass is 267 g/mol. The first-order valence-corrected chi connectivity index (χ1v) is 6.54. The van der Waals surface area contributed by atoms with E-state index in [2.05, 4.69) is 17.0 Å². The summed E-state index contributed by atoms with van der Waals surface area (Å²) < 4.78 is 14.2. The van der Waals surface area contributed by atoms with Crippen LogP contribution in [-0.4, -0.2) is 29.5 Å². The third-order valence-electron chi connectivity index (χ3n) is 3.05. The van der Waals surface area contributed by atoms with E-state index in [0.29, 0.717) is 12.1 Å². The summed E-state index contributed by atoms with van der Waals surface area (Å²) in [5, 5.41) is 11.5. The highest BCUT2D eigenvalue weighted by molar-refractivity contribution is 5.97. The minimum atomic E-state index is -0.417. The van der Waals surface area contributed by atoms with Crippen LogP contribution >= 0.6 is 0 Å². The minimum absolute atomic E-state index is 0.141. The summed E-state index contributed by atoms with van der Waals surface area (Å²) in [7, 11) is 1.96. The Labute approximate surface area is 113 Å². The fourth-order valence-electron chi connectivity index (χ4n) is 1.96. The van der Waals surface area contributed by atoms with Gasteiger partial charge in [0.2, 0.25) is 0 Å². The van der Waals surface area contributed by atoms with Crippen LogP contribution in [-0.2, 0) is 6.54 Å². The third-order valence-corrected chi connectivity index (χ3v) is 3.05. The van der Waals surface area contributed by atoms with Crippen molar-refractivity contribution in [3.8, 4) is 0 Å². The van der Waals surface area contributed by atoms with E-state index in [4.69, 9.17) is 10.9 Å². The van der Waals surface area contributed by atoms with Crippen LogP contribution in [0.15, 0.2) is 23.4 Å². The van der Waals surface area contributed by atoms with Gasteiger partial charge in [0.15, 0.2) is 5.84 Å². The van der Waals surface area contributed by atoms with Crippen LogP contribution in [0.1, 0.15) is 37.3 Å². The van der Waals surface area contributed by atoms with E-state index >= 15 is 0 Å². The van der Waals surface area contributed by atoms with E-state index in [1.165, 1.54) is 18.9 Å². The summed E-state index contributed by atoms with van der Waals surface area (Å²) in [6.07, 6.45) is 3.45. The molecule has 0 aromatic heterocycles. The molecule has 0 bridgehead atoms. The van der Waals surface area contributed by atoms with Gasteiger partial charge in [0, 0.05) is 12.1 Å². The number of oxime groups is 1. The second-order valence-corrected chi connectivity index (χ2v) is 4.71. The Kier molecular flexibility index (Phi) is 6.29. The maximum absolute atomic E-state index is 14.2. The average molecular weight is 267 g/mol. The standard InChI is InChI=1S/C14H22FN3O/c1-3-4-5-9-18(2)10-11-7-6-8-12(13(11)15)14(16)17-19/h6-8,19H,3-5,9-10H2,1-2H3,(H2,16,17). The van der Waals surface area contributed by atoms with Crippen molar-refractivity contribution in [1.29, 1.82) is 0 Å². The van der Waals surface area contributed by atoms with E-state index in [1.807, 2.05) is 7.05 Å². The maximum atomic E-state index is 14.2. The fourth-order valence-corrected chi connectivity index (χ4v) is 1.96. The molecule has 0 aliphatic rings. The van der Waals surface area contributed by atoms with Gasteiger partial charge in [-0.2, -0.15) is 0 Å². The molecule has 0 amide bonds. The fraction of sp³-hybridized carbons (Fsp3) is 0.500. The highest BCUT2D eigenvalue weighted by Crippen LogP contribution is 2.15. The number of halogens is 1. The number of rotatable bonds is 7. The third kappa shape index (κ3) is 4.52. The number of unbranched alkanes of at least 4 members (excludes halogenated alkanes) is 2. The number of nitrogens with zero attached hydrogens (tertiary/aromatic N) is 2. The van der Waals surface area contributed by atoms with Crippen molar-refractivity contribution in [2.75, 3.05) is 13.6 Å². The lowest BCUT2D eigenvalue weighted by molar-refractivity contribution is 0.312. The molecule has 0 radical (unpaired) electrons. The molecule has 0 atom stereocenters. The summed E-state index contributed by atoms with van der Waals surface area (Å²) in [6, 6.07) is 4.94. The van der Waals surface area contributed by atoms with Crippen molar-refractivity contribution < 1.29 is 9.60 Å². The summed E-state index contributed by atoms with van der Waals surface area (Å²) in [5.41, 5.74) is 6.14. The number of amidine groups is 1. The van der Waals surface area contributed by atoms with Crippen LogP contribution in [0, 0.1) is 5.82 Å². The average Bonchev–Trinajstić information content (AvgIpc) is 2.40. The Bertz CT molecular complexity index is 435. The van der Waals surface area contributed by atoms with Gasteiger partial charge in [0.1, 0.15) is 5.82 Å². The highest BCUT2D eigenvalue weighted by Gasteiger charge is 2.12. The zero-order valence-corrected chi connectivity index (χ0v) is 11.6. The van der Waals surface area contributed by atoms with E-state index in [9.17, 15) is 4.39 Å². The zero-order valence-electron chi connectivity index (χ0n) is 11.6. The van der Waals surface area contributed by atoms with Crippen LogP contribution in [0.3, 0.4) is 0 Å². The predicted octanol–water partition coefficient (Wildman–Crippen LogP) is 2.54. The Hall–Kier alpha value is -1.62. The first kappa shape index (κ1) is 15.4. The lowest BCUT2D eigenvalue weighted by Crippen LogP contribution is -2.21. The molecule has 19 heavy (non-hydrogen) atoms. The second kappa shape index (κ2) is 7.74. The molecule has 0 fully saturated rings. The molecule has 1 aromatic carbocycles. The van der Waals surface area contributed by atoms with Crippen LogP contribution in [0.25, 0.3) is 0 Å². The molecular weight excluding hydrogens is 245 g/mol. The summed E-state index contributed by atoms with van der Waals surface area (Å²) in [4.78, 5) is 2.07. The molecule has 0 saturated heterocycles. The molecule has 0 aliphatic heterocycles.